The van der Waals surface area contributed by atoms with Gasteiger partial charge in [0.2, 0.25) is 0 Å². The van der Waals surface area contributed by atoms with E-state index < -0.39 is 0 Å². The summed E-state index contributed by atoms with van der Waals surface area (Å²) in [5.41, 5.74) is 1.81. The number of nitrogens with one attached hydrogen (secondary N) is 1. The van der Waals surface area contributed by atoms with Crippen LogP contribution < -0.4 is 5.56 Å². The summed E-state index contributed by atoms with van der Waals surface area (Å²) in [7, 11) is 0. The molecule has 2 aromatic rings. The van der Waals surface area contributed by atoms with Gasteiger partial charge >= 0.3 is 0 Å². The van der Waals surface area contributed by atoms with Gasteiger partial charge in [0.05, 0.1) is 0 Å². The van der Waals surface area contributed by atoms with Gasteiger partial charge in [-0.25, -0.2) is 14.6 Å². The largest absolute Gasteiger partial charge is 0.293 e. The Morgan fingerprint density at radius 3 is 2.88 bits per heavy atom. The van der Waals surface area contributed by atoms with Crippen LogP contribution >= 0.6 is 0 Å². The van der Waals surface area contributed by atoms with Crippen LogP contribution in [0.4, 0.5) is 0 Å². The topological polar surface area (TPSA) is 63.6 Å². The van der Waals surface area contributed by atoms with Gasteiger partial charge in [-0.2, -0.15) is 0 Å². The standard InChI is InChI=1S/C11H12N4O/c1-7-4-10(13-6-12-7)15-11(16)5-9(14-15)8-2-3-8/h4-6,8,14H,2-3H2,1H3. The molecule has 3 rings (SSSR count). The minimum atomic E-state index is -0.0556. The fourth-order valence-electron chi connectivity index (χ4n) is 1.75. The maximum absolute atomic E-state index is 11.8. The van der Waals surface area contributed by atoms with Crippen LogP contribution in [0.1, 0.15) is 30.1 Å². The number of aryl methyl sites for hydroxylation is 1. The highest BCUT2D eigenvalue weighted by molar-refractivity contribution is 5.24. The zero-order chi connectivity index (χ0) is 11.1. The molecule has 1 aliphatic rings. The second-order valence-electron chi connectivity index (χ2n) is 4.18. The SMILES string of the molecule is Cc1cc(-n2[nH]c(C3CC3)cc2=O)ncn1. The van der Waals surface area contributed by atoms with Gasteiger partial charge in [0.1, 0.15) is 6.33 Å². The molecule has 1 saturated carbocycles. The molecule has 0 saturated heterocycles. The Labute approximate surface area is 92.2 Å². The highest BCUT2D eigenvalue weighted by Gasteiger charge is 2.26. The predicted octanol–water partition coefficient (Wildman–Crippen LogP) is 1.14. The summed E-state index contributed by atoms with van der Waals surface area (Å²) in [4.78, 5) is 19.8. The molecule has 0 unspecified atom stereocenters. The zero-order valence-electron chi connectivity index (χ0n) is 8.97. The van der Waals surface area contributed by atoms with E-state index in [4.69, 9.17) is 0 Å². The van der Waals surface area contributed by atoms with E-state index >= 15 is 0 Å². The van der Waals surface area contributed by atoms with Crippen molar-refractivity contribution in [2.24, 2.45) is 0 Å². The normalized spacial score (nSPS) is 15.3. The predicted molar refractivity (Wildman–Crippen MR) is 58.7 cm³/mol. The van der Waals surface area contributed by atoms with Gasteiger partial charge in [0.25, 0.3) is 5.56 Å². The third kappa shape index (κ3) is 1.54. The molecule has 0 bridgehead atoms. The molecular formula is C11H12N4O. The fraction of sp³-hybridized carbons (Fsp3) is 0.364. The molecule has 2 aromatic heterocycles. The van der Waals surface area contributed by atoms with Crippen LogP contribution in [0, 0.1) is 6.92 Å². The van der Waals surface area contributed by atoms with Crippen LogP contribution in [0.3, 0.4) is 0 Å². The molecule has 5 nitrogen and oxygen atoms in total. The monoisotopic (exact) mass is 216 g/mol. The summed E-state index contributed by atoms with van der Waals surface area (Å²) >= 11 is 0. The molecule has 0 aliphatic heterocycles. The maximum atomic E-state index is 11.8. The Morgan fingerprint density at radius 2 is 2.19 bits per heavy atom. The first kappa shape index (κ1) is 9.33. The van der Waals surface area contributed by atoms with Gasteiger partial charge in [-0.1, -0.05) is 0 Å². The lowest BCUT2D eigenvalue weighted by Crippen LogP contribution is -2.15. The lowest BCUT2D eigenvalue weighted by molar-refractivity contribution is 0.784. The second-order valence-corrected chi connectivity index (χ2v) is 4.18. The number of aromatic nitrogens is 4. The van der Waals surface area contributed by atoms with Crippen molar-refractivity contribution in [1.29, 1.82) is 0 Å². The minimum Gasteiger partial charge on any atom is -0.293 e. The smallest absolute Gasteiger partial charge is 0.272 e. The van der Waals surface area contributed by atoms with Crippen LogP contribution in [0.25, 0.3) is 5.82 Å². The first-order chi connectivity index (χ1) is 7.74. The Balaban J connectivity index is 2.08. The van der Waals surface area contributed by atoms with Gasteiger partial charge in [0, 0.05) is 29.4 Å². The third-order valence-electron chi connectivity index (χ3n) is 2.78. The Bertz CT molecular complexity index is 580. The van der Waals surface area contributed by atoms with Gasteiger partial charge in [-0.05, 0) is 19.8 Å². The average molecular weight is 216 g/mol. The molecule has 1 N–H and O–H groups in total. The van der Waals surface area contributed by atoms with E-state index in [1.165, 1.54) is 23.9 Å². The van der Waals surface area contributed by atoms with Gasteiger partial charge < -0.3 is 0 Å². The molecule has 5 heteroatoms. The number of rotatable bonds is 2. The number of hydrogen-bond donors (Lipinski definition) is 1. The van der Waals surface area contributed by atoms with E-state index in [0.29, 0.717) is 11.7 Å². The van der Waals surface area contributed by atoms with E-state index in [1.54, 1.807) is 12.1 Å². The molecule has 0 radical (unpaired) electrons. The van der Waals surface area contributed by atoms with Gasteiger partial charge in [-0.3, -0.25) is 9.89 Å². The highest BCUT2D eigenvalue weighted by Crippen LogP contribution is 2.38. The summed E-state index contributed by atoms with van der Waals surface area (Å²) in [6, 6.07) is 3.45. The molecule has 0 spiro atoms. The van der Waals surface area contributed by atoms with Crippen molar-refractivity contribution in [2.75, 3.05) is 0 Å². The van der Waals surface area contributed by atoms with Crippen LogP contribution in [-0.4, -0.2) is 19.7 Å². The zero-order valence-corrected chi connectivity index (χ0v) is 8.97. The molecular weight excluding hydrogens is 204 g/mol. The summed E-state index contributed by atoms with van der Waals surface area (Å²) < 4.78 is 1.47. The van der Waals surface area contributed by atoms with Crippen molar-refractivity contribution in [1.82, 2.24) is 19.7 Å². The number of H-pyrrole nitrogens is 1. The maximum Gasteiger partial charge on any atom is 0.272 e. The lowest BCUT2D eigenvalue weighted by Gasteiger charge is -2.00. The molecule has 82 valence electrons. The highest BCUT2D eigenvalue weighted by atomic mass is 16.1. The van der Waals surface area contributed by atoms with Crippen LogP contribution in [0.5, 0.6) is 0 Å². The average Bonchev–Trinajstić information content (AvgIpc) is 3.02. The fourth-order valence-corrected chi connectivity index (χ4v) is 1.75. The molecule has 0 amide bonds. The van der Waals surface area contributed by atoms with E-state index in [0.717, 1.165) is 11.4 Å². The van der Waals surface area contributed by atoms with Crippen molar-refractivity contribution in [3.8, 4) is 5.82 Å². The van der Waals surface area contributed by atoms with Crippen LogP contribution in [0.15, 0.2) is 23.3 Å². The van der Waals surface area contributed by atoms with E-state index in [-0.39, 0.29) is 5.56 Å². The summed E-state index contributed by atoms with van der Waals surface area (Å²) in [6.45, 7) is 1.88. The summed E-state index contributed by atoms with van der Waals surface area (Å²) in [5, 5.41) is 3.10. The molecule has 0 aromatic carbocycles. The minimum absolute atomic E-state index is 0.0556. The molecule has 16 heavy (non-hydrogen) atoms. The first-order valence-corrected chi connectivity index (χ1v) is 5.35. The summed E-state index contributed by atoms with van der Waals surface area (Å²) in [5.74, 6) is 1.14. The summed E-state index contributed by atoms with van der Waals surface area (Å²) in [6.07, 6.45) is 3.81. The number of aromatic amines is 1. The van der Waals surface area contributed by atoms with Crippen LogP contribution in [-0.2, 0) is 0 Å². The van der Waals surface area contributed by atoms with Crippen LogP contribution in [0.2, 0.25) is 0 Å². The molecule has 1 fully saturated rings. The first-order valence-electron chi connectivity index (χ1n) is 5.35. The van der Waals surface area contributed by atoms with Gasteiger partial charge in [0.15, 0.2) is 5.82 Å². The van der Waals surface area contributed by atoms with Crippen molar-refractivity contribution in [3.63, 3.8) is 0 Å². The Kier molecular flexibility index (Phi) is 1.92. The van der Waals surface area contributed by atoms with Crippen molar-refractivity contribution < 1.29 is 0 Å². The van der Waals surface area contributed by atoms with E-state index in [2.05, 4.69) is 15.1 Å². The number of hydrogen-bond acceptors (Lipinski definition) is 3. The van der Waals surface area contributed by atoms with Crippen molar-refractivity contribution in [3.05, 3.63) is 40.2 Å². The Hall–Kier alpha value is -1.91. The lowest BCUT2D eigenvalue weighted by atomic mass is 10.3. The van der Waals surface area contributed by atoms with Gasteiger partial charge in [-0.15, -0.1) is 0 Å². The second kappa shape index (κ2) is 3.30. The van der Waals surface area contributed by atoms with E-state index in [1.807, 2.05) is 6.92 Å². The molecule has 0 atom stereocenters. The quantitative estimate of drug-likeness (QED) is 0.818. The van der Waals surface area contributed by atoms with E-state index in [9.17, 15) is 4.79 Å². The number of nitrogens with zero attached hydrogens (tertiary/aromatic N) is 3. The molecule has 2 heterocycles. The van der Waals surface area contributed by atoms with Crippen molar-refractivity contribution in [2.45, 2.75) is 25.7 Å². The van der Waals surface area contributed by atoms with Crippen molar-refractivity contribution >= 4 is 0 Å². The third-order valence-corrected chi connectivity index (χ3v) is 2.78. The molecule has 1 aliphatic carbocycles. The Morgan fingerprint density at radius 1 is 1.38 bits per heavy atom.